The number of rotatable bonds is 2. The average Bonchev–Trinajstić information content (AvgIpc) is 2.73. The first-order valence-electron chi connectivity index (χ1n) is 4.91. The molecule has 0 aromatic carbocycles. The van der Waals surface area contributed by atoms with E-state index in [0.717, 1.165) is 0 Å². The average molecular weight is 197 g/mol. The zero-order valence-electron chi connectivity index (χ0n) is 8.69. The van der Waals surface area contributed by atoms with Crippen LogP contribution in [0.3, 0.4) is 0 Å². The van der Waals surface area contributed by atoms with Crippen molar-refractivity contribution in [2.45, 2.75) is 57.4 Å². The van der Waals surface area contributed by atoms with Gasteiger partial charge >= 0.3 is 0 Å². The maximum absolute atomic E-state index is 8.50. The van der Waals surface area contributed by atoms with Gasteiger partial charge in [0.2, 0.25) is 0 Å². The van der Waals surface area contributed by atoms with Gasteiger partial charge in [-0.05, 0) is 20.8 Å². The Bertz CT molecular complexity index is 271. The number of hydrogen-bond acceptors (Lipinski definition) is 4. The van der Waals surface area contributed by atoms with Crippen molar-refractivity contribution in [3.63, 3.8) is 0 Å². The molecule has 2 rings (SSSR count). The van der Waals surface area contributed by atoms with E-state index in [9.17, 15) is 0 Å². The fourth-order valence-electron chi connectivity index (χ4n) is 2.00. The number of ether oxygens (including phenoxy) is 3. The van der Waals surface area contributed by atoms with E-state index in [0.29, 0.717) is 6.42 Å². The quantitative estimate of drug-likeness (QED) is 0.624. The van der Waals surface area contributed by atoms with Gasteiger partial charge in [-0.3, -0.25) is 0 Å². The van der Waals surface area contributed by atoms with Crippen molar-refractivity contribution >= 4 is 0 Å². The van der Waals surface area contributed by atoms with Crippen LogP contribution in [0.4, 0.5) is 0 Å². The first kappa shape index (κ1) is 9.91. The summed E-state index contributed by atoms with van der Waals surface area (Å²) in [6.07, 6.45) is 0.552. The van der Waals surface area contributed by atoms with Crippen LogP contribution < -0.4 is 0 Å². The maximum Gasteiger partial charge on any atom is 0.163 e. The maximum atomic E-state index is 8.50. The molecule has 2 aliphatic rings. The third-order valence-corrected chi connectivity index (χ3v) is 2.59. The molecular weight excluding hydrogens is 182 g/mol. The van der Waals surface area contributed by atoms with Gasteiger partial charge in [-0.1, -0.05) is 0 Å². The molecule has 2 heterocycles. The zero-order chi connectivity index (χ0) is 10.3. The molecule has 4 nitrogen and oxygen atoms in total. The minimum Gasteiger partial charge on any atom is -0.366 e. The van der Waals surface area contributed by atoms with Crippen LogP contribution >= 0.6 is 0 Å². The van der Waals surface area contributed by atoms with E-state index in [4.69, 9.17) is 19.5 Å². The summed E-state index contributed by atoms with van der Waals surface area (Å²) < 4.78 is 16.7. The fraction of sp³-hybridized carbons (Fsp3) is 0.900. The number of nitriles is 1. The van der Waals surface area contributed by atoms with E-state index in [1.54, 1.807) is 0 Å². The highest BCUT2D eigenvalue weighted by Crippen LogP contribution is 2.39. The smallest absolute Gasteiger partial charge is 0.163 e. The Balaban J connectivity index is 1.92. The normalized spacial score (nSPS) is 44.7. The van der Waals surface area contributed by atoms with Crippen molar-refractivity contribution in [1.29, 1.82) is 5.26 Å². The molecular formula is C10H15NO3. The molecule has 0 N–H and O–H groups in total. The molecule has 2 fully saturated rings. The summed E-state index contributed by atoms with van der Waals surface area (Å²) in [5.74, 6) is -0.521. The molecule has 14 heavy (non-hydrogen) atoms. The Hall–Kier alpha value is -0.630. The second-order valence-corrected chi connectivity index (χ2v) is 4.31. The van der Waals surface area contributed by atoms with E-state index in [2.05, 4.69) is 6.07 Å². The SMILES string of the molecule is C[C@@H]1OC(C)(C)O[C@@H]1[C@@H]1O[C@H]1CC#N. The molecule has 0 spiro atoms. The summed E-state index contributed by atoms with van der Waals surface area (Å²) in [5, 5.41) is 8.50. The third kappa shape index (κ3) is 1.76. The van der Waals surface area contributed by atoms with Crippen LogP contribution in [0.5, 0.6) is 0 Å². The third-order valence-electron chi connectivity index (χ3n) is 2.59. The van der Waals surface area contributed by atoms with Gasteiger partial charge in [0.05, 0.1) is 24.7 Å². The van der Waals surface area contributed by atoms with Crippen LogP contribution in [-0.4, -0.2) is 30.2 Å². The molecule has 0 saturated carbocycles. The number of nitrogens with zero attached hydrogens (tertiary/aromatic N) is 1. The van der Waals surface area contributed by atoms with Gasteiger partial charge in [0.25, 0.3) is 0 Å². The molecule has 2 aliphatic heterocycles. The number of hydrogen-bond donors (Lipinski definition) is 0. The molecule has 4 atom stereocenters. The predicted octanol–water partition coefficient (Wildman–Crippen LogP) is 1.21. The molecule has 0 amide bonds. The molecule has 0 aliphatic carbocycles. The minimum atomic E-state index is -0.521. The van der Waals surface area contributed by atoms with Crippen LogP contribution in [-0.2, 0) is 14.2 Å². The topological polar surface area (TPSA) is 54.8 Å². The van der Waals surface area contributed by atoms with Crippen LogP contribution in [0, 0.1) is 11.3 Å². The Morgan fingerprint density at radius 2 is 2.00 bits per heavy atom. The summed E-state index contributed by atoms with van der Waals surface area (Å²) in [4.78, 5) is 0. The van der Waals surface area contributed by atoms with Gasteiger partial charge in [-0.25, -0.2) is 0 Å². The highest BCUT2D eigenvalue weighted by Gasteiger charge is 2.53. The van der Waals surface area contributed by atoms with E-state index in [1.165, 1.54) is 0 Å². The van der Waals surface area contributed by atoms with Crippen molar-refractivity contribution in [3.05, 3.63) is 0 Å². The second kappa shape index (κ2) is 3.20. The van der Waals surface area contributed by atoms with E-state index in [1.807, 2.05) is 20.8 Å². The van der Waals surface area contributed by atoms with Gasteiger partial charge < -0.3 is 14.2 Å². The van der Waals surface area contributed by atoms with Crippen LogP contribution in [0.15, 0.2) is 0 Å². The minimum absolute atomic E-state index is 0.0247. The Morgan fingerprint density at radius 3 is 2.50 bits per heavy atom. The first-order valence-corrected chi connectivity index (χ1v) is 4.91. The standard InChI is InChI=1S/C10H15NO3/c1-6-8(14-10(2,3)13-6)9-7(12-9)4-5-11/h6-9H,4H2,1-3H3/t6-,7-,8-,9+/m0/s1. The monoisotopic (exact) mass is 197 g/mol. The van der Waals surface area contributed by atoms with Crippen molar-refractivity contribution in [1.82, 2.24) is 0 Å². The van der Waals surface area contributed by atoms with Gasteiger partial charge in [0.15, 0.2) is 5.79 Å². The highest BCUT2D eigenvalue weighted by atomic mass is 16.8. The molecule has 0 aromatic heterocycles. The van der Waals surface area contributed by atoms with E-state index in [-0.39, 0.29) is 24.4 Å². The number of epoxide rings is 1. The van der Waals surface area contributed by atoms with Crippen molar-refractivity contribution in [2.75, 3.05) is 0 Å². The van der Waals surface area contributed by atoms with Crippen LogP contribution in [0.2, 0.25) is 0 Å². The molecule has 4 heteroatoms. The van der Waals surface area contributed by atoms with Gasteiger partial charge in [0, 0.05) is 0 Å². The van der Waals surface area contributed by atoms with Crippen LogP contribution in [0.25, 0.3) is 0 Å². The van der Waals surface area contributed by atoms with Crippen molar-refractivity contribution in [2.24, 2.45) is 0 Å². The summed E-state index contributed by atoms with van der Waals surface area (Å²) in [6.45, 7) is 5.76. The van der Waals surface area contributed by atoms with E-state index < -0.39 is 5.79 Å². The summed E-state index contributed by atoms with van der Waals surface area (Å²) >= 11 is 0. The molecule has 0 unspecified atom stereocenters. The summed E-state index contributed by atoms with van der Waals surface area (Å²) in [6, 6.07) is 2.10. The second-order valence-electron chi connectivity index (χ2n) is 4.31. The van der Waals surface area contributed by atoms with Gasteiger partial charge in [0.1, 0.15) is 12.2 Å². The first-order chi connectivity index (χ1) is 6.53. The van der Waals surface area contributed by atoms with Crippen molar-refractivity contribution in [3.8, 4) is 6.07 Å². The lowest BCUT2D eigenvalue weighted by molar-refractivity contribution is -0.146. The molecule has 0 bridgehead atoms. The lowest BCUT2D eigenvalue weighted by atomic mass is 10.1. The zero-order valence-corrected chi connectivity index (χ0v) is 8.69. The molecule has 2 saturated heterocycles. The summed E-state index contributed by atoms with van der Waals surface area (Å²) in [7, 11) is 0. The Kier molecular flexibility index (Phi) is 2.26. The fourth-order valence-corrected chi connectivity index (χ4v) is 2.00. The summed E-state index contributed by atoms with van der Waals surface area (Å²) in [5.41, 5.74) is 0. The van der Waals surface area contributed by atoms with Gasteiger partial charge in [-0.2, -0.15) is 5.26 Å². The Morgan fingerprint density at radius 1 is 1.29 bits per heavy atom. The lowest BCUT2D eigenvalue weighted by Crippen LogP contribution is -2.27. The largest absolute Gasteiger partial charge is 0.366 e. The van der Waals surface area contributed by atoms with Crippen molar-refractivity contribution < 1.29 is 14.2 Å². The molecule has 78 valence electrons. The van der Waals surface area contributed by atoms with Crippen LogP contribution in [0.1, 0.15) is 27.2 Å². The molecule has 0 aromatic rings. The highest BCUT2D eigenvalue weighted by molar-refractivity contribution is 5.00. The van der Waals surface area contributed by atoms with E-state index >= 15 is 0 Å². The predicted molar refractivity (Wildman–Crippen MR) is 48.4 cm³/mol. The van der Waals surface area contributed by atoms with Gasteiger partial charge in [-0.15, -0.1) is 0 Å². The Labute approximate surface area is 83.7 Å². The lowest BCUT2D eigenvalue weighted by Gasteiger charge is -2.16. The molecule has 0 radical (unpaired) electrons.